The van der Waals surface area contributed by atoms with Gasteiger partial charge >= 0.3 is 5.97 Å². The van der Waals surface area contributed by atoms with Gasteiger partial charge in [-0.15, -0.1) is 0 Å². The lowest BCUT2D eigenvalue weighted by molar-refractivity contribution is -0.142. The van der Waals surface area contributed by atoms with E-state index in [1.807, 2.05) is 0 Å². The van der Waals surface area contributed by atoms with Gasteiger partial charge in [0, 0.05) is 24.9 Å². The van der Waals surface area contributed by atoms with E-state index >= 15 is 0 Å². The minimum absolute atomic E-state index is 0.00466. The van der Waals surface area contributed by atoms with Crippen LogP contribution in [-0.4, -0.2) is 87.2 Å². The molecule has 12 N–H and O–H groups in total. The van der Waals surface area contributed by atoms with Crippen molar-refractivity contribution in [3.05, 3.63) is 18.2 Å². The molecule has 4 atom stereocenters. The molecule has 196 valence electrons. The number of aliphatic hydroxyl groups excluding tert-OH is 1. The van der Waals surface area contributed by atoms with Crippen LogP contribution in [0.25, 0.3) is 0 Å². The Hall–Kier alpha value is -3.72. The first-order chi connectivity index (χ1) is 16.5. The Labute approximate surface area is 202 Å². The molecule has 0 spiro atoms. The van der Waals surface area contributed by atoms with Crippen LogP contribution >= 0.6 is 0 Å². The fourth-order valence-electron chi connectivity index (χ4n) is 3.00. The summed E-state index contributed by atoms with van der Waals surface area (Å²) in [5.74, 6) is -3.96. The fourth-order valence-corrected chi connectivity index (χ4v) is 3.00. The number of imidazole rings is 1. The van der Waals surface area contributed by atoms with Crippen molar-refractivity contribution in [2.75, 3.05) is 13.2 Å². The Bertz CT molecular complexity index is 870. The number of carbonyl (C=O) groups is 4. The molecule has 4 unspecified atom stereocenters. The zero-order valence-electron chi connectivity index (χ0n) is 19.7. The number of nitrogens with one attached hydrogen (secondary N) is 4. The molecule has 0 saturated heterocycles. The van der Waals surface area contributed by atoms with Crippen molar-refractivity contribution >= 4 is 29.7 Å². The lowest BCUT2D eigenvalue weighted by Gasteiger charge is -2.27. The van der Waals surface area contributed by atoms with Crippen molar-refractivity contribution in [2.45, 2.75) is 57.3 Å². The van der Waals surface area contributed by atoms with Crippen molar-refractivity contribution in [1.82, 2.24) is 25.9 Å². The number of carboxylic acids is 1. The quantitative estimate of drug-likeness (QED) is 0.0656. The van der Waals surface area contributed by atoms with Gasteiger partial charge in [-0.05, 0) is 18.8 Å². The summed E-state index contributed by atoms with van der Waals surface area (Å²) in [6.45, 7) is 2.91. The lowest BCUT2D eigenvalue weighted by Crippen LogP contribution is -2.59. The molecule has 15 nitrogen and oxygen atoms in total. The van der Waals surface area contributed by atoms with Gasteiger partial charge in [0.25, 0.3) is 0 Å². The molecule has 0 aliphatic carbocycles. The summed E-state index contributed by atoms with van der Waals surface area (Å²) in [6.07, 6.45) is 3.23. The monoisotopic (exact) mass is 497 g/mol. The van der Waals surface area contributed by atoms with Crippen molar-refractivity contribution in [3.63, 3.8) is 0 Å². The average molecular weight is 498 g/mol. The van der Waals surface area contributed by atoms with Gasteiger partial charge in [0.2, 0.25) is 17.7 Å². The molecule has 0 aliphatic heterocycles. The number of aromatic nitrogens is 2. The number of H-pyrrole nitrogens is 1. The van der Waals surface area contributed by atoms with Crippen LogP contribution in [0.1, 0.15) is 32.4 Å². The summed E-state index contributed by atoms with van der Waals surface area (Å²) >= 11 is 0. The third-order valence-corrected chi connectivity index (χ3v) is 4.95. The number of hydrogen-bond donors (Lipinski definition) is 9. The lowest BCUT2D eigenvalue weighted by atomic mass is 10.0. The Morgan fingerprint density at radius 2 is 1.74 bits per heavy atom. The molecule has 0 aromatic carbocycles. The number of carboxylic acid groups (broad SMARTS) is 1. The van der Waals surface area contributed by atoms with Gasteiger partial charge in [-0.1, -0.05) is 13.8 Å². The predicted octanol–water partition coefficient (Wildman–Crippen LogP) is -3.48. The highest BCUT2D eigenvalue weighted by Gasteiger charge is 2.32. The molecule has 0 saturated carbocycles. The first kappa shape index (κ1) is 29.3. The molecule has 0 bridgehead atoms. The van der Waals surface area contributed by atoms with E-state index in [0.29, 0.717) is 12.1 Å². The molecule has 0 aliphatic rings. The third-order valence-electron chi connectivity index (χ3n) is 4.95. The number of rotatable bonds is 15. The molecule has 15 heteroatoms. The summed E-state index contributed by atoms with van der Waals surface area (Å²) in [5.41, 5.74) is 16.5. The van der Waals surface area contributed by atoms with Gasteiger partial charge in [0.05, 0.1) is 12.9 Å². The number of aliphatic hydroxyl groups is 1. The van der Waals surface area contributed by atoms with Crippen LogP contribution in [0.5, 0.6) is 0 Å². The zero-order chi connectivity index (χ0) is 26.5. The van der Waals surface area contributed by atoms with Gasteiger partial charge in [0.15, 0.2) is 5.96 Å². The van der Waals surface area contributed by atoms with E-state index < -0.39 is 60.4 Å². The number of nitrogens with zero attached hydrogens (tertiary/aromatic N) is 2. The van der Waals surface area contributed by atoms with Crippen LogP contribution in [0, 0.1) is 5.92 Å². The smallest absolute Gasteiger partial charge is 0.326 e. The van der Waals surface area contributed by atoms with E-state index in [1.165, 1.54) is 12.5 Å². The first-order valence-corrected chi connectivity index (χ1v) is 11.0. The molecule has 1 aromatic heterocycles. The third kappa shape index (κ3) is 10.4. The molecule has 0 radical (unpaired) electrons. The van der Waals surface area contributed by atoms with Crippen LogP contribution in [0.3, 0.4) is 0 Å². The maximum Gasteiger partial charge on any atom is 0.326 e. The molecule has 3 amide bonds. The summed E-state index contributed by atoms with van der Waals surface area (Å²) in [5, 5.41) is 26.0. The van der Waals surface area contributed by atoms with Crippen LogP contribution in [0.15, 0.2) is 17.5 Å². The van der Waals surface area contributed by atoms with E-state index in [1.54, 1.807) is 13.8 Å². The molecular weight excluding hydrogens is 462 g/mol. The molecule has 35 heavy (non-hydrogen) atoms. The van der Waals surface area contributed by atoms with Crippen LogP contribution < -0.4 is 33.2 Å². The molecule has 1 rings (SSSR count). The fraction of sp³-hybridized carbons (Fsp3) is 0.600. The second-order valence-corrected chi connectivity index (χ2v) is 8.21. The summed E-state index contributed by atoms with van der Waals surface area (Å²) in [4.78, 5) is 60.2. The second-order valence-electron chi connectivity index (χ2n) is 8.21. The number of carbonyl (C=O) groups excluding carboxylic acids is 3. The van der Waals surface area contributed by atoms with Crippen molar-refractivity contribution < 1.29 is 29.4 Å². The van der Waals surface area contributed by atoms with Crippen molar-refractivity contribution in [2.24, 2.45) is 28.1 Å². The van der Waals surface area contributed by atoms with Crippen LogP contribution in [0.4, 0.5) is 0 Å². The topological polar surface area (TPSA) is 264 Å². The number of amides is 3. The van der Waals surface area contributed by atoms with Gasteiger partial charge < -0.3 is 48.3 Å². The standard InChI is InChI=1S/C20H35N9O6/c1-10(2)15(18(33)27-13(19(34)35)4-3-5-25-20(22)23)29-17(32)14(6-11-7-24-9-26-11)28-16(31)12(21)8-30/h7,9-10,12-15,30H,3-6,8,21H2,1-2H3,(H,24,26)(H,27,33)(H,28,31)(H,29,32)(H,34,35)(H4,22,23,25). The zero-order valence-corrected chi connectivity index (χ0v) is 19.7. The number of aliphatic carboxylic acids is 1. The van der Waals surface area contributed by atoms with E-state index in [4.69, 9.17) is 22.3 Å². The highest BCUT2D eigenvalue weighted by Crippen LogP contribution is 2.07. The molecular formula is C20H35N9O6. The van der Waals surface area contributed by atoms with Crippen LogP contribution in [0.2, 0.25) is 0 Å². The van der Waals surface area contributed by atoms with Crippen molar-refractivity contribution in [1.29, 1.82) is 0 Å². The summed E-state index contributed by atoms with van der Waals surface area (Å²) < 4.78 is 0. The number of guanidine groups is 1. The Morgan fingerprint density at radius 1 is 1.09 bits per heavy atom. The Morgan fingerprint density at radius 3 is 2.26 bits per heavy atom. The number of aromatic amines is 1. The largest absolute Gasteiger partial charge is 0.480 e. The van der Waals surface area contributed by atoms with E-state index in [9.17, 15) is 24.3 Å². The first-order valence-electron chi connectivity index (χ1n) is 11.0. The van der Waals surface area contributed by atoms with Crippen LogP contribution in [-0.2, 0) is 25.6 Å². The summed E-state index contributed by atoms with van der Waals surface area (Å²) in [7, 11) is 0. The number of hydrogen-bond acceptors (Lipinski definition) is 8. The maximum atomic E-state index is 13.0. The average Bonchev–Trinajstić information content (AvgIpc) is 3.30. The van der Waals surface area contributed by atoms with Gasteiger partial charge in [-0.3, -0.25) is 19.4 Å². The van der Waals surface area contributed by atoms with Gasteiger partial charge in [-0.25, -0.2) is 9.78 Å². The Kier molecular flexibility index (Phi) is 12.2. The van der Waals surface area contributed by atoms with Gasteiger partial charge in [-0.2, -0.15) is 0 Å². The molecule has 1 heterocycles. The number of aliphatic imine (C=N–C) groups is 1. The highest BCUT2D eigenvalue weighted by atomic mass is 16.4. The Balaban J connectivity index is 2.93. The maximum absolute atomic E-state index is 13.0. The highest BCUT2D eigenvalue weighted by molar-refractivity contribution is 5.94. The van der Waals surface area contributed by atoms with E-state index in [2.05, 4.69) is 30.9 Å². The summed E-state index contributed by atoms with van der Waals surface area (Å²) in [6, 6.07) is -4.72. The minimum Gasteiger partial charge on any atom is -0.480 e. The predicted molar refractivity (Wildman–Crippen MR) is 126 cm³/mol. The SMILES string of the molecule is CC(C)C(NC(=O)C(Cc1cnc[nH]1)NC(=O)C(N)CO)C(=O)NC(CCCN=C(N)N)C(=O)O. The van der Waals surface area contributed by atoms with E-state index in [-0.39, 0.29) is 25.3 Å². The normalized spacial score (nSPS) is 14.3. The minimum atomic E-state index is -1.25. The van der Waals surface area contributed by atoms with Gasteiger partial charge in [0.1, 0.15) is 24.2 Å². The second kappa shape index (κ2) is 14.5. The molecule has 1 aromatic rings. The van der Waals surface area contributed by atoms with E-state index in [0.717, 1.165) is 0 Å². The van der Waals surface area contributed by atoms with Crippen molar-refractivity contribution in [3.8, 4) is 0 Å². The molecule has 0 fully saturated rings. The number of nitrogens with two attached hydrogens (primary N) is 3.